The Labute approximate surface area is 175 Å². The molecule has 1 N–H and O–H groups in total. The van der Waals surface area contributed by atoms with Crippen LogP contribution < -0.4 is 12.4 Å². The summed E-state index contributed by atoms with van der Waals surface area (Å²) >= 11 is 0. The molecule has 0 aliphatic carbocycles. The van der Waals surface area contributed by atoms with Crippen LogP contribution in [0.5, 0.6) is 0 Å². The summed E-state index contributed by atoms with van der Waals surface area (Å²) in [5.41, 5.74) is 1.04. The maximum Gasteiger partial charge on any atom is 0.128 e. The van der Waals surface area contributed by atoms with Crippen molar-refractivity contribution in [3.63, 3.8) is 0 Å². The molecule has 0 radical (unpaired) electrons. The van der Waals surface area contributed by atoms with E-state index in [4.69, 9.17) is 0 Å². The van der Waals surface area contributed by atoms with E-state index in [1.54, 1.807) is 0 Å². The van der Waals surface area contributed by atoms with E-state index < -0.39 is 0 Å². The molecule has 1 unspecified atom stereocenters. The van der Waals surface area contributed by atoms with E-state index in [1.807, 2.05) is 30.3 Å². The third-order valence-electron chi connectivity index (χ3n) is 5.47. The summed E-state index contributed by atoms with van der Waals surface area (Å²) in [6, 6.07) is 10.1. The topological polar surface area (TPSA) is 20.2 Å². The Hall–Kier alpha value is -0.570. The van der Waals surface area contributed by atoms with Crippen LogP contribution >= 0.6 is 0 Å². The van der Waals surface area contributed by atoms with Crippen molar-refractivity contribution in [2.75, 3.05) is 27.2 Å². The largest absolute Gasteiger partial charge is 1.00 e. The summed E-state index contributed by atoms with van der Waals surface area (Å²) in [5.74, 6) is 0. The average molecular weight is 398 g/mol. The molecule has 0 spiro atoms. The molecule has 1 rings (SSSR count). The number of unbranched alkanes of at least 4 members (excludes halogenated alkanes) is 11. The first kappa shape index (κ1) is 26.4. The van der Waals surface area contributed by atoms with Gasteiger partial charge >= 0.3 is 0 Å². The lowest BCUT2D eigenvalue weighted by Crippen LogP contribution is -3.00. The fraction of sp³-hybridized carbons (Fsp3) is 0.750. The van der Waals surface area contributed by atoms with Crippen molar-refractivity contribution < 1.29 is 22.0 Å². The highest BCUT2D eigenvalue weighted by Crippen LogP contribution is 2.17. The second-order valence-electron chi connectivity index (χ2n) is 8.66. The van der Waals surface area contributed by atoms with Crippen molar-refractivity contribution in [3.8, 4) is 0 Å². The summed E-state index contributed by atoms with van der Waals surface area (Å²) in [6.45, 7) is 4.23. The number of halogens is 1. The van der Waals surface area contributed by atoms with Crippen LogP contribution in [0.25, 0.3) is 0 Å². The summed E-state index contributed by atoms with van der Waals surface area (Å²) in [4.78, 5) is 0. The summed E-state index contributed by atoms with van der Waals surface area (Å²) in [6.07, 6.45) is 16.4. The van der Waals surface area contributed by atoms with Gasteiger partial charge in [0.25, 0.3) is 0 Å². The second kappa shape index (κ2) is 16.4. The number of hydrogen-bond donors (Lipinski definition) is 1. The highest BCUT2D eigenvalue weighted by atomic mass is 35.5. The van der Waals surface area contributed by atoms with E-state index in [0.717, 1.165) is 23.1 Å². The predicted octanol–water partition coefficient (Wildman–Crippen LogP) is 3.50. The molecule has 0 fully saturated rings. The van der Waals surface area contributed by atoms with Gasteiger partial charge < -0.3 is 22.0 Å². The van der Waals surface area contributed by atoms with E-state index in [-0.39, 0.29) is 18.5 Å². The number of aliphatic hydroxyl groups is 1. The maximum absolute atomic E-state index is 10.4. The Morgan fingerprint density at radius 1 is 0.741 bits per heavy atom. The second-order valence-corrected chi connectivity index (χ2v) is 8.66. The smallest absolute Gasteiger partial charge is 0.128 e. The number of quaternary nitrogens is 1. The number of hydrogen-bond acceptors (Lipinski definition) is 1. The highest BCUT2D eigenvalue weighted by molar-refractivity contribution is 5.17. The molecule has 0 saturated carbocycles. The zero-order chi connectivity index (χ0) is 19.1. The Bertz CT molecular complexity index is 435. The summed E-state index contributed by atoms with van der Waals surface area (Å²) in [5, 5.41) is 10.4. The molecule has 2 nitrogen and oxygen atoms in total. The van der Waals surface area contributed by atoms with Crippen molar-refractivity contribution in [1.29, 1.82) is 0 Å². The zero-order valence-electron chi connectivity index (χ0n) is 18.1. The first-order valence-electron chi connectivity index (χ1n) is 11.1. The van der Waals surface area contributed by atoms with E-state index >= 15 is 0 Å². The normalized spacial score (nSPS) is 12.6. The fourth-order valence-corrected chi connectivity index (χ4v) is 3.72. The van der Waals surface area contributed by atoms with Gasteiger partial charge in [0.15, 0.2) is 0 Å². The molecular formula is C24H44ClNO. The van der Waals surface area contributed by atoms with E-state index in [1.165, 1.54) is 77.0 Å². The Morgan fingerprint density at radius 2 is 1.19 bits per heavy atom. The minimum atomic E-state index is -0.358. The van der Waals surface area contributed by atoms with E-state index in [0.29, 0.717) is 0 Å². The van der Waals surface area contributed by atoms with Crippen molar-refractivity contribution in [2.45, 2.75) is 90.1 Å². The van der Waals surface area contributed by atoms with Crippen molar-refractivity contribution in [1.82, 2.24) is 0 Å². The molecule has 0 amide bonds. The van der Waals surface area contributed by atoms with Gasteiger partial charge in [-0.15, -0.1) is 0 Å². The SMILES string of the molecule is CCCCCCCCCCCCCC[N+](C)(C)CC(O)c1ccccc1.[Cl-]. The quantitative estimate of drug-likeness (QED) is 0.334. The molecule has 0 aliphatic heterocycles. The Balaban J connectivity index is 0.00000676. The number of benzene rings is 1. The van der Waals surface area contributed by atoms with Gasteiger partial charge in [0.05, 0.1) is 20.6 Å². The third-order valence-corrected chi connectivity index (χ3v) is 5.47. The fourth-order valence-electron chi connectivity index (χ4n) is 3.72. The Morgan fingerprint density at radius 3 is 1.67 bits per heavy atom. The lowest BCUT2D eigenvalue weighted by Gasteiger charge is -2.32. The van der Waals surface area contributed by atoms with Gasteiger partial charge in [0.1, 0.15) is 12.6 Å². The van der Waals surface area contributed by atoms with Crippen LogP contribution in [-0.2, 0) is 0 Å². The standard InChI is InChI=1S/C24H44NO.ClH/c1-4-5-6-7-8-9-10-11-12-13-14-18-21-25(2,3)22-24(26)23-19-16-15-17-20-23;/h15-17,19-20,24,26H,4-14,18,21-22H2,1-3H3;1H/q+1;/p-1. The van der Waals surface area contributed by atoms with Crippen LogP contribution in [0.3, 0.4) is 0 Å². The molecule has 1 atom stereocenters. The molecular weight excluding hydrogens is 354 g/mol. The third kappa shape index (κ3) is 14.1. The van der Waals surface area contributed by atoms with Crippen LogP contribution in [0, 0.1) is 0 Å². The lowest BCUT2D eigenvalue weighted by molar-refractivity contribution is -0.894. The van der Waals surface area contributed by atoms with Gasteiger partial charge in [0.2, 0.25) is 0 Å². The first-order chi connectivity index (χ1) is 12.5. The van der Waals surface area contributed by atoms with Crippen molar-refractivity contribution in [3.05, 3.63) is 35.9 Å². The van der Waals surface area contributed by atoms with Crippen molar-refractivity contribution in [2.24, 2.45) is 0 Å². The van der Waals surface area contributed by atoms with Gasteiger partial charge in [-0.05, 0) is 18.4 Å². The van der Waals surface area contributed by atoms with Crippen LogP contribution in [0.2, 0.25) is 0 Å². The minimum absolute atomic E-state index is 0. The first-order valence-corrected chi connectivity index (χ1v) is 11.1. The number of aliphatic hydroxyl groups excluding tert-OH is 1. The highest BCUT2D eigenvalue weighted by Gasteiger charge is 2.21. The van der Waals surface area contributed by atoms with E-state index in [9.17, 15) is 5.11 Å². The predicted molar refractivity (Wildman–Crippen MR) is 114 cm³/mol. The van der Waals surface area contributed by atoms with Crippen LogP contribution in [0.4, 0.5) is 0 Å². The van der Waals surface area contributed by atoms with Gasteiger partial charge in [-0.3, -0.25) is 0 Å². The molecule has 1 aromatic rings. The van der Waals surface area contributed by atoms with Crippen molar-refractivity contribution >= 4 is 0 Å². The number of nitrogens with zero attached hydrogens (tertiary/aromatic N) is 1. The van der Waals surface area contributed by atoms with Crippen LogP contribution in [0.1, 0.15) is 95.6 Å². The molecule has 0 saturated heterocycles. The number of rotatable bonds is 16. The number of likely N-dealkylation sites (N-methyl/N-ethyl adjacent to an activating group) is 1. The van der Waals surface area contributed by atoms with Gasteiger partial charge in [-0.2, -0.15) is 0 Å². The maximum atomic E-state index is 10.4. The van der Waals surface area contributed by atoms with Crippen LogP contribution in [0.15, 0.2) is 30.3 Å². The molecule has 0 heterocycles. The zero-order valence-corrected chi connectivity index (χ0v) is 18.9. The minimum Gasteiger partial charge on any atom is -1.00 e. The van der Waals surface area contributed by atoms with Gasteiger partial charge in [-0.1, -0.05) is 101 Å². The summed E-state index contributed by atoms with van der Waals surface area (Å²) in [7, 11) is 4.48. The van der Waals surface area contributed by atoms with E-state index in [2.05, 4.69) is 21.0 Å². The average Bonchev–Trinajstić information content (AvgIpc) is 2.63. The Kier molecular flexibility index (Phi) is 16.0. The van der Waals surface area contributed by atoms with Crippen LogP contribution in [-0.4, -0.2) is 36.8 Å². The van der Waals surface area contributed by atoms with Gasteiger partial charge in [0, 0.05) is 0 Å². The molecule has 3 heteroatoms. The molecule has 0 bridgehead atoms. The lowest BCUT2D eigenvalue weighted by atomic mass is 10.0. The molecule has 0 aromatic heterocycles. The summed E-state index contributed by atoms with van der Waals surface area (Å²) < 4.78 is 0.897. The molecule has 1 aromatic carbocycles. The molecule has 27 heavy (non-hydrogen) atoms. The van der Waals surface area contributed by atoms with Gasteiger partial charge in [-0.25, -0.2) is 0 Å². The monoisotopic (exact) mass is 397 g/mol. The molecule has 158 valence electrons. The molecule has 0 aliphatic rings.